The molecule has 1 aliphatic heterocycles. The Labute approximate surface area is 161 Å². The predicted molar refractivity (Wildman–Crippen MR) is 107 cm³/mol. The van der Waals surface area contributed by atoms with Crippen molar-refractivity contribution in [2.45, 2.75) is 31.7 Å². The minimum absolute atomic E-state index is 0.107. The van der Waals surface area contributed by atoms with Gasteiger partial charge in [0.2, 0.25) is 0 Å². The van der Waals surface area contributed by atoms with Crippen LogP contribution in [-0.2, 0) is 4.79 Å². The number of hydrogen-bond donors (Lipinski definition) is 0. The third-order valence-corrected chi connectivity index (χ3v) is 6.92. The highest BCUT2D eigenvalue weighted by molar-refractivity contribution is 5.84. The summed E-state index contributed by atoms with van der Waals surface area (Å²) < 4.78 is 5.79. The molecule has 1 saturated heterocycles. The van der Waals surface area contributed by atoms with Crippen molar-refractivity contribution in [1.29, 1.82) is 0 Å². The molecule has 3 aliphatic rings. The Balaban J connectivity index is 1.13. The van der Waals surface area contributed by atoms with Gasteiger partial charge < -0.3 is 9.64 Å². The van der Waals surface area contributed by atoms with Crippen LogP contribution in [0.15, 0.2) is 42.5 Å². The highest BCUT2D eigenvalue weighted by Gasteiger charge is 2.42. The summed E-state index contributed by atoms with van der Waals surface area (Å²) in [5.41, 5.74) is 0. The van der Waals surface area contributed by atoms with Gasteiger partial charge in [-0.2, -0.15) is 0 Å². The molecule has 4 heteroatoms. The van der Waals surface area contributed by atoms with E-state index in [1.165, 1.54) is 31.1 Å². The minimum atomic E-state index is 0.107. The summed E-state index contributed by atoms with van der Waals surface area (Å²) in [6.07, 6.45) is 5.72. The van der Waals surface area contributed by atoms with E-state index in [1.54, 1.807) is 0 Å². The van der Waals surface area contributed by atoms with Crippen LogP contribution in [0.4, 0.5) is 0 Å². The molecule has 0 radical (unpaired) electrons. The van der Waals surface area contributed by atoms with Gasteiger partial charge in [0.05, 0.1) is 0 Å². The van der Waals surface area contributed by atoms with Crippen molar-refractivity contribution in [2.24, 2.45) is 11.8 Å². The molecule has 0 unspecified atom stereocenters. The lowest BCUT2D eigenvalue weighted by Gasteiger charge is -2.41. The second kappa shape index (κ2) is 7.16. The number of fused-ring (bicyclic) bond motifs is 3. The number of piperazine rings is 1. The van der Waals surface area contributed by atoms with Crippen LogP contribution in [0.1, 0.15) is 25.7 Å². The van der Waals surface area contributed by atoms with E-state index >= 15 is 0 Å². The van der Waals surface area contributed by atoms with E-state index < -0.39 is 0 Å². The van der Waals surface area contributed by atoms with Crippen LogP contribution >= 0.6 is 0 Å². The van der Waals surface area contributed by atoms with Crippen LogP contribution in [0, 0.1) is 11.8 Å². The zero-order valence-electron chi connectivity index (χ0n) is 15.8. The van der Waals surface area contributed by atoms with E-state index in [0.717, 1.165) is 55.2 Å². The van der Waals surface area contributed by atoms with Gasteiger partial charge in [-0.1, -0.05) is 36.8 Å². The number of benzene rings is 2. The summed E-state index contributed by atoms with van der Waals surface area (Å²) in [6.45, 7) is 3.86. The van der Waals surface area contributed by atoms with Crippen molar-refractivity contribution < 1.29 is 9.53 Å². The maximum absolute atomic E-state index is 12.6. The smallest absolute Gasteiger partial charge is 0.260 e. The van der Waals surface area contributed by atoms with E-state index in [9.17, 15) is 4.79 Å². The number of hydrogen-bond acceptors (Lipinski definition) is 3. The van der Waals surface area contributed by atoms with Crippen LogP contribution < -0.4 is 4.74 Å². The second-order valence-electron chi connectivity index (χ2n) is 8.46. The molecule has 2 aliphatic carbocycles. The first-order valence-electron chi connectivity index (χ1n) is 10.4. The molecule has 1 amide bonds. The summed E-state index contributed by atoms with van der Waals surface area (Å²) in [4.78, 5) is 17.2. The van der Waals surface area contributed by atoms with Gasteiger partial charge in [-0.05, 0) is 54.0 Å². The fourth-order valence-corrected chi connectivity index (χ4v) is 5.45. The van der Waals surface area contributed by atoms with Gasteiger partial charge in [0, 0.05) is 32.2 Å². The lowest BCUT2D eigenvalue weighted by molar-refractivity contribution is -0.135. The number of amides is 1. The quantitative estimate of drug-likeness (QED) is 0.832. The van der Waals surface area contributed by atoms with Gasteiger partial charge in [-0.3, -0.25) is 9.69 Å². The topological polar surface area (TPSA) is 32.8 Å². The Morgan fingerprint density at radius 3 is 2.52 bits per heavy atom. The molecular weight excluding hydrogens is 336 g/mol. The molecule has 0 N–H and O–H groups in total. The highest BCUT2D eigenvalue weighted by Crippen LogP contribution is 2.46. The maximum atomic E-state index is 12.6. The molecule has 27 heavy (non-hydrogen) atoms. The molecule has 2 bridgehead atoms. The third kappa shape index (κ3) is 3.43. The van der Waals surface area contributed by atoms with Crippen LogP contribution in [0.3, 0.4) is 0 Å². The zero-order chi connectivity index (χ0) is 18.2. The molecule has 3 atom stereocenters. The van der Waals surface area contributed by atoms with E-state index in [-0.39, 0.29) is 12.5 Å². The van der Waals surface area contributed by atoms with Crippen molar-refractivity contribution >= 4 is 16.7 Å². The summed E-state index contributed by atoms with van der Waals surface area (Å²) in [6, 6.07) is 15.0. The lowest BCUT2D eigenvalue weighted by Crippen LogP contribution is -2.53. The molecule has 142 valence electrons. The molecule has 0 aromatic heterocycles. The molecule has 5 rings (SSSR count). The van der Waals surface area contributed by atoms with Gasteiger partial charge in [0.1, 0.15) is 5.75 Å². The molecule has 4 nitrogen and oxygen atoms in total. The third-order valence-electron chi connectivity index (χ3n) is 6.92. The first-order valence-corrected chi connectivity index (χ1v) is 10.4. The predicted octanol–water partition coefficient (Wildman–Crippen LogP) is 3.55. The van der Waals surface area contributed by atoms with E-state index in [4.69, 9.17) is 4.74 Å². The normalized spacial score (nSPS) is 28.0. The van der Waals surface area contributed by atoms with Gasteiger partial charge in [0.15, 0.2) is 6.61 Å². The summed E-state index contributed by atoms with van der Waals surface area (Å²) in [7, 11) is 0. The molecule has 2 aromatic carbocycles. The molecule has 2 saturated carbocycles. The molecule has 3 fully saturated rings. The van der Waals surface area contributed by atoms with Gasteiger partial charge in [0.25, 0.3) is 5.91 Å². The monoisotopic (exact) mass is 364 g/mol. The average Bonchev–Trinajstić information content (AvgIpc) is 3.36. The Bertz CT molecular complexity index is 828. The van der Waals surface area contributed by atoms with Crippen molar-refractivity contribution in [3.8, 4) is 5.75 Å². The number of ether oxygens (including phenoxy) is 1. The van der Waals surface area contributed by atoms with Crippen molar-refractivity contribution in [2.75, 3.05) is 32.8 Å². The highest BCUT2D eigenvalue weighted by atomic mass is 16.5. The Morgan fingerprint density at radius 1 is 0.963 bits per heavy atom. The first-order chi connectivity index (χ1) is 13.3. The van der Waals surface area contributed by atoms with Gasteiger partial charge in [-0.25, -0.2) is 0 Å². The van der Waals surface area contributed by atoms with E-state index in [1.807, 2.05) is 35.2 Å². The molecule has 0 spiro atoms. The summed E-state index contributed by atoms with van der Waals surface area (Å²) in [5.74, 6) is 2.78. The average molecular weight is 364 g/mol. The Kier molecular flexibility index (Phi) is 4.52. The van der Waals surface area contributed by atoms with Crippen LogP contribution in [0.5, 0.6) is 5.75 Å². The Hall–Kier alpha value is -2.07. The van der Waals surface area contributed by atoms with Gasteiger partial charge >= 0.3 is 0 Å². The van der Waals surface area contributed by atoms with Crippen LogP contribution in [0.2, 0.25) is 0 Å². The zero-order valence-corrected chi connectivity index (χ0v) is 15.8. The first kappa shape index (κ1) is 17.1. The summed E-state index contributed by atoms with van der Waals surface area (Å²) >= 11 is 0. The summed E-state index contributed by atoms with van der Waals surface area (Å²) in [5, 5.41) is 2.33. The van der Waals surface area contributed by atoms with Crippen molar-refractivity contribution in [1.82, 2.24) is 9.80 Å². The fraction of sp³-hybridized carbons (Fsp3) is 0.522. The molecular formula is C23H28N2O2. The second-order valence-corrected chi connectivity index (χ2v) is 8.46. The minimum Gasteiger partial charge on any atom is -0.484 e. The maximum Gasteiger partial charge on any atom is 0.260 e. The van der Waals surface area contributed by atoms with E-state index in [2.05, 4.69) is 17.0 Å². The molecule has 2 aromatic rings. The van der Waals surface area contributed by atoms with E-state index in [0.29, 0.717) is 0 Å². The standard InChI is InChI=1S/C23H28N2O2/c26-23(16-27-21-8-7-18-3-1-2-4-19(18)15-21)25-11-9-24(10-12-25)22-14-17-5-6-20(22)13-17/h1-4,7-8,15,17,20,22H,5-6,9-14,16H2/t17-,20-,22+/m1/s1. The molecule has 1 heterocycles. The Morgan fingerprint density at radius 2 is 1.78 bits per heavy atom. The van der Waals surface area contributed by atoms with Crippen LogP contribution in [-0.4, -0.2) is 54.5 Å². The van der Waals surface area contributed by atoms with Crippen LogP contribution in [0.25, 0.3) is 10.8 Å². The van der Waals surface area contributed by atoms with Crippen molar-refractivity contribution in [3.63, 3.8) is 0 Å². The largest absolute Gasteiger partial charge is 0.484 e. The number of carbonyl (C=O) groups is 1. The number of rotatable bonds is 4. The number of nitrogens with zero attached hydrogens (tertiary/aromatic N) is 2. The van der Waals surface area contributed by atoms with Gasteiger partial charge in [-0.15, -0.1) is 0 Å². The fourth-order valence-electron chi connectivity index (χ4n) is 5.45. The van der Waals surface area contributed by atoms with Crippen molar-refractivity contribution in [3.05, 3.63) is 42.5 Å². The lowest BCUT2D eigenvalue weighted by atomic mass is 9.93. The SMILES string of the molecule is O=C(COc1ccc2ccccc2c1)N1CCN([C@H]2C[C@@H]3CC[C@@H]2C3)CC1. The number of carbonyl (C=O) groups excluding carboxylic acids is 1.